The van der Waals surface area contributed by atoms with E-state index in [1.165, 1.54) is 17.6 Å². The number of phenolic OH excluding ortho intramolecular Hbond substituents is 1. The fourth-order valence-electron chi connectivity index (χ4n) is 3.52. The number of hydrogen-bond donors (Lipinski definition) is 2. The van der Waals surface area contributed by atoms with Crippen molar-refractivity contribution in [2.75, 3.05) is 0 Å². The fourth-order valence-corrected chi connectivity index (χ4v) is 3.52. The Hall–Kier alpha value is -3.56. The topological polar surface area (TPSA) is 80.6 Å². The van der Waals surface area contributed by atoms with Gasteiger partial charge < -0.3 is 15.2 Å². The summed E-state index contributed by atoms with van der Waals surface area (Å²) in [6.07, 6.45) is -4.41. The van der Waals surface area contributed by atoms with Crippen molar-refractivity contribution >= 4 is 22.7 Å². The zero-order chi connectivity index (χ0) is 24.5. The van der Waals surface area contributed by atoms with Crippen LogP contribution >= 0.6 is 0 Å². The van der Waals surface area contributed by atoms with Crippen LogP contribution in [0, 0.1) is 12.7 Å². The van der Waals surface area contributed by atoms with Gasteiger partial charge in [0.25, 0.3) is 5.91 Å². The molecule has 33 heavy (non-hydrogen) atoms. The highest BCUT2D eigenvalue weighted by Crippen LogP contribution is 2.34. The molecule has 10 heteroatoms. The second kappa shape index (κ2) is 9.13. The summed E-state index contributed by atoms with van der Waals surface area (Å²) < 4.78 is 57.0. The maximum Gasteiger partial charge on any atom is 0.573 e. The summed E-state index contributed by atoms with van der Waals surface area (Å²) >= 11 is 0. The SMILES string of the molecule is CCC(C)NC(=O)Cc1c(C)n(C(=O)c2ccc(OC(F)(F)F)cc2)c2ccc(O)c(F)c12. The van der Waals surface area contributed by atoms with E-state index in [4.69, 9.17) is 0 Å². The Morgan fingerprint density at radius 2 is 1.79 bits per heavy atom. The number of nitrogens with one attached hydrogen (secondary N) is 1. The van der Waals surface area contributed by atoms with Gasteiger partial charge in [-0.15, -0.1) is 13.2 Å². The van der Waals surface area contributed by atoms with Crippen LogP contribution in [0.3, 0.4) is 0 Å². The standard InChI is InChI=1S/C23H22F4N2O4/c1-4-12(2)28-19(31)11-16-13(3)29(17-9-10-18(30)21(24)20(16)17)22(32)14-5-7-15(8-6-14)33-23(25,26)27/h5-10,12,30H,4,11H2,1-3H3,(H,28,31). The van der Waals surface area contributed by atoms with Crippen LogP contribution in [-0.2, 0) is 11.2 Å². The Bertz CT molecular complexity index is 1200. The smallest absolute Gasteiger partial charge is 0.505 e. The van der Waals surface area contributed by atoms with E-state index in [-0.39, 0.29) is 46.1 Å². The summed E-state index contributed by atoms with van der Waals surface area (Å²) in [5, 5.41) is 12.6. The van der Waals surface area contributed by atoms with E-state index in [0.717, 1.165) is 30.3 Å². The van der Waals surface area contributed by atoms with Crippen molar-refractivity contribution in [1.29, 1.82) is 0 Å². The van der Waals surface area contributed by atoms with Crippen molar-refractivity contribution in [3.8, 4) is 11.5 Å². The Morgan fingerprint density at radius 1 is 1.15 bits per heavy atom. The van der Waals surface area contributed by atoms with E-state index in [2.05, 4.69) is 10.1 Å². The predicted molar refractivity (Wildman–Crippen MR) is 113 cm³/mol. The summed E-state index contributed by atoms with van der Waals surface area (Å²) in [6, 6.07) is 6.62. The average molecular weight is 466 g/mol. The normalized spacial score (nSPS) is 12.6. The second-order valence-corrected chi connectivity index (χ2v) is 7.62. The van der Waals surface area contributed by atoms with E-state index in [0.29, 0.717) is 6.42 Å². The molecule has 3 aromatic rings. The van der Waals surface area contributed by atoms with Gasteiger partial charge in [0.2, 0.25) is 5.91 Å². The fraction of sp³-hybridized carbons (Fsp3) is 0.304. The third kappa shape index (κ3) is 5.10. The van der Waals surface area contributed by atoms with Crippen molar-refractivity contribution in [2.24, 2.45) is 0 Å². The number of rotatable bonds is 6. The molecule has 0 aliphatic rings. The van der Waals surface area contributed by atoms with Gasteiger partial charge in [0.05, 0.1) is 11.9 Å². The van der Waals surface area contributed by atoms with Gasteiger partial charge in [-0.1, -0.05) is 6.92 Å². The van der Waals surface area contributed by atoms with Crippen LogP contribution in [0.15, 0.2) is 36.4 Å². The number of aromatic hydroxyl groups is 1. The number of aromatic nitrogens is 1. The number of phenols is 1. The van der Waals surface area contributed by atoms with Gasteiger partial charge in [0, 0.05) is 22.7 Å². The molecule has 0 bridgehead atoms. The minimum absolute atomic E-state index is 0.0219. The van der Waals surface area contributed by atoms with Crippen molar-refractivity contribution in [1.82, 2.24) is 9.88 Å². The molecule has 3 rings (SSSR count). The lowest BCUT2D eigenvalue weighted by Gasteiger charge is -2.12. The first-order valence-corrected chi connectivity index (χ1v) is 10.1. The van der Waals surface area contributed by atoms with Crippen LogP contribution in [0.4, 0.5) is 17.6 Å². The number of benzene rings is 2. The molecular weight excluding hydrogens is 444 g/mol. The highest BCUT2D eigenvalue weighted by atomic mass is 19.4. The molecule has 6 nitrogen and oxygen atoms in total. The third-order valence-electron chi connectivity index (χ3n) is 5.31. The number of alkyl halides is 3. The highest BCUT2D eigenvalue weighted by Gasteiger charge is 2.31. The van der Waals surface area contributed by atoms with Gasteiger partial charge in [0.1, 0.15) is 5.75 Å². The monoisotopic (exact) mass is 466 g/mol. The Kier molecular flexibility index (Phi) is 6.66. The van der Waals surface area contributed by atoms with E-state index < -0.39 is 29.6 Å². The number of halogens is 4. The van der Waals surface area contributed by atoms with Crippen LogP contribution in [0.2, 0.25) is 0 Å². The number of carbonyl (C=O) groups is 2. The molecule has 0 saturated carbocycles. The second-order valence-electron chi connectivity index (χ2n) is 7.62. The van der Waals surface area contributed by atoms with Crippen molar-refractivity contribution < 1.29 is 37.0 Å². The van der Waals surface area contributed by atoms with Crippen LogP contribution in [0.5, 0.6) is 11.5 Å². The summed E-state index contributed by atoms with van der Waals surface area (Å²) in [5.74, 6) is -3.12. The number of carbonyl (C=O) groups excluding carboxylic acids is 2. The maximum atomic E-state index is 14.9. The zero-order valence-corrected chi connectivity index (χ0v) is 18.1. The molecule has 0 fully saturated rings. The lowest BCUT2D eigenvalue weighted by atomic mass is 10.1. The molecule has 0 saturated heterocycles. The summed E-state index contributed by atoms with van der Waals surface area (Å²) in [7, 11) is 0. The minimum Gasteiger partial charge on any atom is -0.505 e. The van der Waals surface area contributed by atoms with Gasteiger partial charge in [-0.3, -0.25) is 14.2 Å². The molecule has 176 valence electrons. The molecular formula is C23H22F4N2O4. The molecule has 2 N–H and O–H groups in total. The Morgan fingerprint density at radius 3 is 2.36 bits per heavy atom. The van der Waals surface area contributed by atoms with E-state index in [1.807, 2.05) is 13.8 Å². The van der Waals surface area contributed by atoms with Gasteiger partial charge >= 0.3 is 6.36 Å². The number of ether oxygens (including phenoxy) is 1. The minimum atomic E-state index is -4.87. The number of hydrogen-bond acceptors (Lipinski definition) is 4. The zero-order valence-electron chi connectivity index (χ0n) is 18.1. The first-order valence-electron chi connectivity index (χ1n) is 10.1. The van der Waals surface area contributed by atoms with Gasteiger partial charge in [-0.2, -0.15) is 0 Å². The molecule has 1 atom stereocenters. The molecule has 2 aromatic carbocycles. The molecule has 0 radical (unpaired) electrons. The van der Waals surface area contributed by atoms with Crippen LogP contribution in [0.1, 0.15) is 41.9 Å². The number of nitrogens with zero attached hydrogens (tertiary/aromatic N) is 1. The Labute approximate surface area is 186 Å². The van der Waals surface area contributed by atoms with Crippen LogP contribution in [0.25, 0.3) is 10.9 Å². The summed E-state index contributed by atoms with van der Waals surface area (Å²) in [5.41, 5.74) is 0.641. The van der Waals surface area contributed by atoms with E-state index in [1.54, 1.807) is 0 Å². The molecule has 1 aromatic heterocycles. The van der Waals surface area contributed by atoms with E-state index >= 15 is 0 Å². The molecule has 1 unspecified atom stereocenters. The molecule has 0 aliphatic heterocycles. The summed E-state index contributed by atoms with van der Waals surface area (Å²) in [4.78, 5) is 25.7. The van der Waals surface area contributed by atoms with Gasteiger partial charge in [-0.05, 0) is 62.2 Å². The first kappa shape index (κ1) is 24.1. The summed E-state index contributed by atoms with van der Waals surface area (Å²) in [6.45, 7) is 5.24. The van der Waals surface area contributed by atoms with Gasteiger partial charge in [0.15, 0.2) is 11.6 Å². The number of fused-ring (bicyclic) bond motifs is 1. The molecule has 1 heterocycles. The van der Waals surface area contributed by atoms with Crippen LogP contribution < -0.4 is 10.1 Å². The van der Waals surface area contributed by atoms with Gasteiger partial charge in [-0.25, -0.2) is 4.39 Å². The lowest BCUT2D eigenvalue weighted by molar-refractivity contribution is -0.274. The molecule has 0 aliphatic carbocycles. The van der Waals surface area contributed by atoms with Crippen LogP contribution in [-0.4, -0.2) is 33.9 Å². The average Bonchev–Trinajstić information content (AvgIpc) is 3.01. The number of amides is 1. The molecule has 1 amide bonds. The van der Waals surface area contributed by atoms with Crippen molar-refractivity contribution in [2.45, 2.75) is 46.0 Å². The largest absolute Gasteiger partial charge is 0.573 e. The Balaban J connectivity index is 2.06. The predicted octanol–water partition coefficient (Wildman–Crippen LogP) is 4.84. The molecule has 0 spiro atoms. The lowest BCUT2D eigenvalue weighted by Crippen LogP contribution is -2.33. The highest BCUT2D eigenvalue weighted by molar-refractivity contribution is 6.05. The van der Waals surface area contributed by atoms with E-state index in [9.17, 15) is 32.3 Å². The van der Waals surface area contributed by atoms with Crippen molar-refractivity contribution in [3.63, 3.8) is 0 Å². The third-order valence-corrected chi connectivity index (χ3v) is 5.31. The first-order chi connectivity index (χ1) is 15.4. The van der Waals surface area contributed by atoms with Crippen molar-refractivity contribution in [3.05, 3.63) is 59.0 Å². The maximum absolute atomic E-state index is 14.9. The quantitative estimate of drug-likeness (QED) is 0.510.